The molecule has 94 valence electrons. The zero-order chi connectivity index (χ0) is 13.3. The number of rotatable bonds is 1. The Balaban J connectivity index is 2.29. The summed E-state index contributed by atoms with van der Waals surface area (Å²) >= 11 is 1.23. The zero-order valence-corrected chi connectivity index (χ0v) is 11.0. The molecule has 2 amide bonds. The highest BCUT2D eigenvalue weighted by Crippen LogP contribution is 2.32. The Bertz CT molecular complexity index is 535. The van der Waals surface area contributed by atoms with Gasteiger partial charge in [0.05, 0.1) is 17.6 Å². The van der Waals surface area contributed by atoms with Crippen molar-refractivity contribution in [1.29, 1.82) is 0 Å². The van der Waals surface area contributed by atoms with E-state index in [-0.39, 0.29) is 30.2 Å². The Labute approximate surface area is 109 Å². The van der Waals surface area contributed by atoms with Gasteiger partial charge in [-0.05, 0) is 0 Å². The maximum absolute atomic E-state index is 12.0. The fourth-order valence-electron chi connectivity index (χ4n) is 1.70. The lowest BCUT2D eigenvalue weighted by molar-refractivity contribution is -0.122. The van der Waals surface area contributed by atoms with E-state index >= 15 is 0 Å². The molecule has 2 heterocycles. The van der Waals surface area contributed by atoms with Crippen molar-refractivity contribution in [2.24, 2.45) is 17.6 Å². The van der Waals surface area contributed by atoms with E-state index in [0.717, 1.165) is 4.90 Å². The van der Waals surface area contributed by atoms with E-state index in [1.54, 1.807) is 20.0 Å². The maximum atomic E-state index is 12.0. The molecular formula is C12H13N3O2S. The molecule has 0 radical (unpaired) electrons. The molecule has 1 fully saturated rings. The number of nitrogens with two attached hydrogens (primary N) is 1. The summed E-state index contributed by atoms with van der Waals surface area (Å²) < 4.78 is 0. The lowest BCUT2D eigenvalue weighted by atomic mass is 10.00. The smallest absolute Gasteiger partial charge is 0.239 e. The minimum absolute atomic E-state index is 0.194. The Kier molecular flexibility index (Phi) is 3.45. The molecule has 5 nitrogen and oxygen atoms in total. The summed E-state index contributed by atoms with van der Waals surface area (Å²) in [6, 6.07) is 0. The molecule has 0 saturated carbocycles. The van der Waals surface area contributed by atoms with E-state index in [4.69, 9.17) is 5.73 Å². The standard InChI is InChI=1S/C12H13N3O2S/c1-7-8(2)11(17)15(10(7)16)12-14-6-9(18-12)4-3-5-13/h6-8H,5,13H2,1-2H3. The van der Waals surface area contributed by atoms with Gasteiger partial charge in [0, 0.05) is 11.8 Å². The number of anilines is 1. The summed E-state index contributed by atoms with van der Waals surface area (Å²) in [6.07, 6.45) is 1.55. The molecule has 6 heteroatoms. The summed E-state index contributed by atoms with van der Waals surface area (Å²) in [6.45, 7) is 3.78. The third kappa shape index (κ3) is 2.03. The number of hydrogen-bond donors (Lipinski definition) is 1. The maximum Gasteiger partial charge on any atom is 0.239 e. The SMILES string of the molecule is CC1C(=O)N(c2ncc(C#CCN)s2)C(=O)C1C. The number of carbonyl (C=O) groups is 2. The quantitative estimate of drug-likeness (QED) is 0.594. The summed E-state index contributed by atoms with van der Waals surface area (Å²) in [5, 5.41) is 0.391. The first kappa shape index (κ1) is 12.7. The third-order valence-electron chi connectivity index (χ3n) is 2.97. The molecular weight excluding hydrogens is 250 g/mol. The van der Waals surface area contributed by atoms with Crippen molar-refractivity contribution in [2.75, 3.05) is 11.4 Å². The normalized spacial score (nSPS) is 23.2. The number of carbonyl (C=O) groups excluding carboxylic acids is 2. The van der Waals surface area contributed by atoms with Gasteiger partial charge in [-0.15, -0.1) is 0 Å². The highest BCUT2D eigenvalue weighted by Gasteiger charge is 2.44. The molecule has 1 aromatic rings. The Morgan fingerprint density at radius 2 is 2.00 bits per heavy atom. The Morgan fingerprint density at radius 3 is 2.56 bits per heavy atom. The van der Waals surface area contributed by atoms with Crippen LogP contribution in [0.15, 0.2) is 6.20 Å². The van der Waals surface area contributed by atoms with E-state index < -0.39 is 0 Å². The predicted octanol–water partition coefficient (Wildman–Crippen LogP) is 0.599. The van der Waals surface area contributed by atoms with Crippen LogP contribution in [0.4, 0.5) is 5.13 Å². The van der Waals surface area contributed by atoms with Gasteiger partial charge in [-0.3, -0.25) is 9.59 Å². The fourth-order valence-corrected chi connectivity index (χ4v) is 2.50. The van der Waals surface area contributed by atoms with Crippen LogP contribution < -0.4 is 10.6 Å². The average molecular weight is 263 g/mol. The highest BCUT2D eigenvalue weighted by atomic mass is 32.1. The van der Waals surface area contributed by atoms with Gasteiger partial charge < -0.3 is 5.73 Å². The van der Waals surface area contributed by atoms with Gasteiger partial charge in [0.15, 0.2) is 5.13 Å². The number of hydrogen-bond acceptors (Lipinski definition) is 5. The van der Waals surface area contributed by atoms with Crippen LogP contribution in [0, 0.1) is 23.7 Å². The first-order valence-corrected chi connectivity index (χ1v) is 6.40. The van der Waals surface area contributed by atoms with E-state index in [0.29, 0.717) is 10.0 Å². The monoisotopic (exact) mass is 263 g/mol. The van der Waals surface area contributed by atoms with Crippen LogP contribution in [0.1, 0.15) is 18.7 Å². The van der Waals surface area contributed by atoms with Gasteiger partial charge in [-0.1, -0.05) is 37.0 Å². The van der Waals surface area contributed by atoms with Crippen molar-refractivity contribution < 1.29 is 9.59 Å². The van der Waals surface area contributed by atoms with Crippen LogP contribution in [-0.2, 0) is 9.59 Å². The van der Waals surface area contributed by atoms with Crippen molar-refractivity contribution in [2.45, 2.75) is 13.8 Å². The number of imide groups is 1. The molecule has 2 unspecified atom stereocenters. The average Bonchev–Trinajstić information content (AvgIpc) is 2.88. The number of thiazole rings is 1. The minimum Gasteiger partial charge on any atom is -0.320 e. The molecule has 1 aliphatic rings. The van der Waals surface area contributed by atoms with Crippen LogP contribution in [-0.4, -0.2) is 23.3 Å². The van der Waals surface area contributed by atoms with Crippen molar-refractivity contribution >= 4 is 28.3 Å². The van der Waals surface area contributed by atoms with E-state index in [1.807, 2.05) is 0 Å². The van der Waals surface area contributed by atoms with E-state index in [9.17, 15) is 9.59 Å². The molecule has 0 aliphatic carbocycles. The fraction of sp³-hybridized carbons (Fsp3) is 0.417. The van der Waals surface area contributed by atoms with E-state index in [2.05, 4.69) is 16.8 Å². The lowest BCUT2D eigenvalue weighted by Crippen LogP contribution is -2.30. The summed E-state index contributed by atoms with van der Waals surface area (Å²) in [7, 11) is 0. The van der Waals surface area contributed by atoms with Gasteiger partial charge in [0.25, 0.3) is 0 Å². The molecule has 2 N–H and O–H groups in total. The Morgan fingerprint density at radius 1 is 1.39 bits per heavy atom. The Hall–Kier alpha value is -1.71. The molecule has 2 atom stereocenters. The molecule has 1 aliphatic heterocycles. The first-order chi connectivity index (χ1) is 8.56. The van der Waals surface area contributed by atoms with Gasteiger partial charge in [-0.25, -0.2) is 9.88 Å². The topological polar surface area (TPSA) is 76.3 Å². The van der Waals surface area contributed by atoms with Crippen molar-refractivity contribution in [3.8, 4) is 11.8 Å². The van der Waals surface area contributed by atoms with Crippen molar-refractivity contribution in [1.82, 2.24) is 4.98 Å². The molecule has 0 aromatic carbocycles. The number of aromatic nitrogens is 1. The molecule has 2 rings (SSSR count). The second-order valence-corrected chi connectivity index (χ2v) is 5.11. The van der Waals surface area contributed by atoms with Gasteiger partial charge >= 0.3 is 0 Å². The first-order valence-electron chi connectivity index (χ1n) is 5.58. The largest absolute Gasteiger partial charge is 0.320 e. The molecule has 1 saturated heterocycles. The second-order valence-electron chi connectivity index (χ2n) is 4.10. The number of nitrogens with zero attached hydrogens (tertiary/aromatic N) is 2. The summed E-state index contributed by atoms with van der Waals surface area (Å²) in [5.41, 5.74) is 5.28. The predicted molar refractivity (Wildman–Crippen MR) is 68.9 cm³/mol. The van der Waals surface area contributed by atoms with Gasteiger partial charge in [-0.2, -0.15) is 0 Å². The molecule has 18 heavy (non-hydrogen) atoms. The van der Waals surface area contributed by atoms with Crippen molar-refractivity contribution in [3.05, 3.63) is 11.1 Å². The zero-order valence-electron chi connectivity index (χ0n) is 10.1. The van der Waals surface area contributed by atoms with E-state index in [1.165, 1.54) is 11.3 Å². The van der Waals surface area contributed by atoms with Gasteiger partial charge in [0.1, 0.15) is 0 Å². The van der Waals surface area contributed by atoms with Crippen LogP contribution in [0.25, 0.3) is 0 Å². The molecule has 0 bridgehead atoms. The van der Waals surface area contributed by atoms with Crippen molar-refractivity contribution in [3.63, 3.8) is 0 Å². The van der Waals surface area contributed by atoms with Crippen LogP contribution in [0.3, 0.4) is 0 Å². The minimum atomic E-state index is -0.292. The van der Waals surface area contributed by atoms with Crippen LogP contribution in [0.2, 0.25) is 0 Å². The molecule has 0 spiro atoms. The lowest BCUT2D eigenvalue weighted by Gasteiger charge is -2.09. The number of amides is 2. The summed E-state index contributed by atoms with van der Waals surface area (Å²) in [4.78, 5) is 29.9. The highest BCUT2D eigenvalue weighted by molar-refractivity contribution is 7.16. The van der Waals surface area contributed by atoms with Crippen LogP contribution >= 0.6 is 11.3 Å². The molecule has 1 aromatic heterocycles. The van der Waals surface area contributed by atoms with Gasteiger partial charge in [0.2, 0.25) is 11.8 Å². The third-order valence-corrected chi connectivity index (χ3v) is 3.87. The second kappa shape index (κ2) is 4.88. The van der Waals surface area contributed by atoms with Crippen LogP contribution in [0.5, 0.6) is 0 Å². The summed E-state index contributed by atoms with van der Waals surface area (Å²) in [5.74, 6) is 4.57.